The van der Waals surface area contributed by atoms with Crippen molar-refractivity contribution in [2.24, 2.45) is 11.5 Å². The van der Waals surface area contributed by atoms with E-state index in [9.17, 15) is 4.79 Å². The molecule has 108 valence electrons. The van der Waals surface area contributed by atoms with Gasteiger partial charge in [-0.25, -0.2) is 0 Å². The largest absolute Gasteiger partial charge is 0.369 e. The van der Waals surface area contributed by atoms with E-state index in [4.69, 9.17) is 11.5 Å². The van der Waals surface area contributed by atoms with Crippen LogP contribution in [-0.4, -0.2) is 12.5 Å². The number of amides is 1. The Balaban J connectivity index is 2.36. The maximum absolute atomic E-state index is 12.5. The lowest BCUT2D eigenvalue weighted by atomic mass is 9.69. The molecular weight excluding hydrogens is 260 g/mol. The Morgan fingerprint density at radius 1 is 0.952 bits per heavy atom. The van der Waals surface area contributed by atoms with E-state index in [0.717, 1.165) is 24.0 Å². The summed E-state index contributed by atoms with van der Waals surface area (Å²) < 4.78 is 0. The first kappa shape index (κ1) is 13.8. The first-order valence-corrected chi connectivity index (χ1v) is 7.37. The highest BCUT2D eigenvalue weighted by Crippen LogP contribution is 2.41. The molecule has 1 amide bonds. The summed E-state index contributed by atoms with van der Waals surface area (Å²) in [6.45, 7) is 0.422. The van der Waals surface area contributed by atoms with Crippen LogP contribution < -0.4 is 11.5 Å². The van der Waals surface area contributed by atoms with Crippen LogP contribution in [0.1, 0.15) is 28.7 Å². The fourth-order valence-electron chi connectivity index (χ4n) is 3.60. The van der Waals surface area contributed by atoms with E-state index < -0.39 is 5.41 Å². The average molecular weight is 280 g/mol. The first-order chi connectivity index (χ1) is 10.2. The number of hydrogen-bond acceptors (Lipinski definition) is 2. The minimum atomic E-state index is -0.807. The fraction of sp³-hybridized carbons (Fsp3) is 0.278. The summed E-state index contributed by atoms with van der Waals surface area (Å²) >= 11 is 0. The van der Waals surface area contributed by atoms with Crippen molar-refractivity contribution in [1.82, 2.24) is 0 Å². The van der Waals surface area contributed by atoms with Crippen molar-refractivity contribution in [2.45, 2.75) is 24.7 Å². The number of carbonyl (C=O) groups is 1. The van der Waals surface area contributed by atoms with Gasteiger partial charge < -0.3 is 11.5 Å². The highest BCUT2D eigenvalue weighted by atomic mass is 16.1. The third-order valence-electron chi connectivity index (χ3n) is 4.56. The minimum absolute atomic E-state index is 0.310. The molecule has 4 N–H and O–H groups in total. The fourth-order valence-corrected chi connectivity index (χ4v) is 3.60. The Labute approximate surface area is 125 Å². The molecular formula is C18H20N2O. The monoisotopic (exact) mass is 280 g/mol. The smallest absolute Gasteiger partial charge is 0.232 e. The normalized spacial score (nSPS) is 15.7. The predicted molar refractivity (Wildman–Crippen MR) is 83.9 cm³/mol. The Morgan fingerprint density at radius 3 is 1.86 bits per heavy atom. The summed E-state index contributed by atoms with van der Waals surface area (Å²) in [7, 11) is 0. The quantitative estimate of drug-likeness (QED) is 0.901. The number of aryl methyl sites for hydroxylation is 2. The van der Waals surface area contributed by atoms with Crippen molar-refractivity contribution < 1.29 is 4.79 Å². The van der Waals surface area contributed by atoms with E-state index in [1.807, 2.05) is 36.4 Å². The van der Waals surface area contributed by atoms with Gasteiger partial charge in [0.1, 0.15) is 5.41 Å². The number of primary amides is 1. The lowest BCUT2D eigenvalue weighted by molar-refractivity contribution is -0.122. The van der Waals surface area contributed by atoms with Crippen molar-refractivity contribution in [3.8, 4) is 0 Å². The molecule has 0 radical (unpaired) electrons. The molecule has 0 heterocycles. The highest BCUT2D eigenvalue weighted by molar-refractivity contribution is 5.92. The second-order valence-corrected chi connectivity index (χ2v) is 5.62. The lowest BCUT2D eigenvalue weighted by Gasteiger charge is -2.33. The van der Waals surface area contributed by atoms with Crippen molar-refractivity contribution >= 4 is 5.91 Å². The molecule has 3 rings (SSSR count). The molecule has 0 aliphatic heterocycles. The molecule has 0 saturated heterocycles. The third kappa shape index (κ3) is 2.05. The van der Waals surface area contributed by atoms with E-state index in [2.05, 4.69) is 12.1 Å². The second-order valence-electron chi connectivity index (χ2n) is 5.62. The highest BCUT2D eigenvalue weighted by Gasteiger charge is 2.43. The van der Waals surface area contributed by atoms with E-state index in [0.29, 0.717) is 13.0 Å². The Bertz CT molecular complexity index is 631. The summed E-state index contributed by atoms with van der Waals surface area (Å²) in [6, 6.07) is 16.2. The average Bonchev–Trinajstić information content (AvgIpc) is 2.64. The zero-order chi connectivity index (χ0) is 14.9. The van der Waals surface area contributed by atoms with Crippen LogP contribution in [0.2, 0.25) is 0 Å². The SMILES string of the molecule is NCCC1(C(N)=O)c2ccccc2CCc2ccccc21. The summed E-state index contributed by atoms with van der Waals surface area (Å²) in [5, 5.41) is 0. The lowest BCUT2D eigenvalue weighted by Crippen LogP contribution is -2.44. The first-order valence-electron chi connectivity index (χ1n) is 7.37. The van der Waals surface area contributed by atoms with E-state index in [-0.39, 0.29) is 5.91 Å². The maximum Gasteiger partial charge on any atom is 0.232 e. The zero-order valence-corrected chi connectivity index (χ0v) is 12.0. The molecule has 0 unspecified atom stereocenters. The molecule has 0 bridgehead atoms. The van der Waals surface area contributed by atoms with Gasteiger partial charge >= 0.3 is 0 Å². The van der Waals surface area contributed by atoms with Gasteiger partial charge in [-0.05, 0) is 48.1 Å². The molecule has 0 spiro atoms. The molecule has 0 saturated carbocycles. The van der Waals surface area contributed by atoms with Crippen molar-refractivity contribution in [2.75, 3.05) is 6.54 Å². The third-order valence-corrected chi connectivity index (χ3v) is 4.56. The van der Waals surface area contributed by atoms with Crippen LogP contribution in [0.25, 0.3) is 0 Å². The molecule has 2 aromatic rings. The molecule has 1 aliphatic carbocycles. The minimum Gasteiger partial charge on any atom is -0.369 e. The molecule has 0 fully saturated rings. The van der Waals surface area contributed by atoms with Gasteiger partial charge in [-0.2, -0.15) is 0 Å². The van der Waals surface area contributed by atoms with Gasteiger partial charge in [0.05, 0.1) is 0 Å². The van der Waals surface area contributed by atoms with Crippen LogP contribution in [-0.2, 0) is 23.1 Å². The van der Waals surface area contributed by atoms with Crippen molar-refractivity contribution in [1.29, 1.82) is 0 Å². The number of nitrogens with two attached hydrogens (primary N) is 2. The summed E-state index contributed by atoms with van der Waals surface area (Å²) in [5.74, 6) is -0.310. The Morgan fingerprint density at radius 2 is 1.43 bits per heavy atom. The maximum atomic E-state index is 12.5. The second kappa shape index (κ2) is 5.34. The van der Waals surface area contributed by atoms with Crippen LogP contribution in [0.4, 0.5) is 0 Å². The van der Waals surface area contributed by atoms with Crippen LogP contribution in [0.15, 0.2) is 48.5 Å². The molecule has 0 atom stereocenters. The van der Waals surface area contributed by atoms with Crippen LogP contribution in [0.5, 0.6) is 0 Å². The van der Waals surface area contributed by atoms with Crippen molar-refractivity contribution in [3.63, 3.8) is 0 Å². The van der Waals surface area contributed by atoms with E-state index in [1.165, 1.54) is 11.1 Å². The van der Waals surface area contributed by atoms with Gasteiger partial charge in [-0.3, -0.25) is 4.79 Å². The van der Waals surface area contributed by atoms with E-state index in [1.54, 1.807) is 0 Å². The number of fused-ring (bicyclic) bond motifs is 2. The number of benzene rings is 2. The number of carbonyl (C=O) groups excluding carboxylic acids is 1. The number of rotatable bonds is 3. The standard InChI is InChI=1S/C18H20N2O/c19-12-11-18(17(20)21)15-7-3-1-5-13(15)9-10-14-6-2-4-8-16(14)18/h1-8H,9-12,19H2,(H2,20,21). The predicted octanol–water partition coefficient (Wildman–Crippen LogP) is 1.91. The molecule has 0 aromatic heterocycles. The van der Waals surface area contributed by atoms with E-state index >= 15 is 0 Å². The van der Waals surface area contributed by atoms with Gasteiger partial charge in [0.25, 0.3) is 0 Å². The van der Waals surface area contributed by atoms with Gasteiger partial charge in [0.2, 0.25) is 5.91 Å². The van der Waals surface area contributed by atoms with Gasteiger partial charge in [-0.15, -0.1) is 0 Å². The molecule has 3 heteroatoms. The topological polar surface area (TPSA) is 69.1 Å². The Hall–Kier alpha value is -2.13. The summed E-state index contributed by atoms with van der Waals surface area (Å²) in [4.78, 5) is 12.5. The molecule has 21 heavy (non-hydrogen) atoms. The Kier molecular flexibility index (Phi) is 3.52. The molecule has 3 nitrogen and oxygen atoms in total. The van der Waals surface area contributed by atoms with Crippen LogP contribution >= 0.6 is 0 Å². The summed E-state index contributed by atoms with van der Waals surface area (Å²) in [6.07, 6.45) is 2.38. The molecule has 1 aliphatic rings. The van der Waals surface area contributed by atoms with Crippen molar-refractivity contribution in [3.05, 3.63) is 70.8 Å². The van der Waals surface area contributed by atoms with Crippen LogP contribution in [0, 0.1) is 0 Å². The van der Waals surface area contributed by atoms with Gasteiger partial charge in [-0.1, -0.05) is 48.5 Å². The summed E-state index contributed by atoms with van der Waals surface area (Å²) in [5.41, 5.74) is 15.4. The number of hydrogen-bond donors (Lipinski definition) is 2. The molecule has 2 aromatic carbocycles. The van der Waals surface area contributed by atoms with Gasteiger partial charge in [0.15, 0.2) is 0 Å². The van der Waals surface area contributed by atoms with Crippen LogP contribution in [0.3, 0.4) is 0 Å². The zero-order valence-electron chi connectivity index (χ0n) is 12.0. The van der Waals surface area contributed by atoms with Gasteiger partial charge in [0, 0.05) is 0 Å².